The highest BCUT2D eigenvalue weighted by atomic mass is 16.2. The Labute approximate surface area is 105 Å². The zero-order chi connectivity index (χ0) is 12.9. The van der Waals surface area contributed by atoms with Crippen LogP contribution in [0.15, 0.2) is 0 Å². The zero-order valence-electron chi connectivity index (χ0n) is 11.2. The fraction of sp³-hybridized carbons (Fsp3) is 0.786. The number of rotatable bonds is 5. The quantitative estimate of drug-likeness (QED) is 0.711. The maximum Gasteiger partial charge on any atom is 0.228 e. The Balaban J connectivity index is 2.70. The van der Waals surface area contributed by atoms with Crippen molar-refractivity contribution >= 4 is 5.91 Å². The lowest BCUT2D eigenvalue weighted by atomic mass is 9.75. The molecule has 0 radical (unpaired) electrons. The smallest absolute Gasteiger partial charge is 0.228 e. The average Bonchev–Trinajstić information content (AvgIpc) is 2.78. The zero-order valence-corrected chi connectivity index (χ0v) is 11.2. The Bertz CT molecular complexity index is 298. The molecule has 1 aliphatic rings. The molecule has 1 rings (SSSR count). The summed E-state index contributed by atoms with van der Waals surface area (Å²) in [6, 6.07) is -0.122. The minimum absolute atomic E-state index is 0.119. The topological polar surface area (TPSA) is 41.1 Å². The summed E-state index contributed by atoms with van der Waals surface area (Å²) in [7, 11) is 0. The number of carbonyl (C=O) groups excluding carboxylic acids is 1. The lowest BCUT2D eigenvalue weighted by molar-refractivity contribution is -0.132. The highest BCUT2D eigenvalue weighted by Gasteiger charge is 2.44. The molecule has 0 aromatic carbocycles. The maximum atomic E-state index is 12.4. The molecule has 96 valence electrons. The molecule has 2 atom stereocenters. The minimum Gasteiger partial charge on any atom is -0.342 e. The number of carbonyl (C=O) groups is 1. The lowest BCUT2D eigenvalue weighted by Crippen LogP contribution is -2.49. The van der Waals surface area contributed by atoms with Gasteiger partial charge in [0.05, 0.1) is 11.5 Å². The maximum absolute atomic E-state index is 12.4. The number of hydrogen-bond acceptors (Lipinski definition) is 2. The van der Waals surface area contributed by atoms with Crippen LogP contribution in [0.4, 0.5) is 0 Å². The number of nitrogens with one attached hydrogen (secondary N) is 2. The standard InChI is InChI=1S/C14H24N2O/c1-5-7-12(6-2)16-13(17)14(11(3)4)8-9-15-10-14/h2,11-12,15H,5,7-10H2,1,3-4H3,(H,16,17). The van der Waals surface area contributed by atoms with E-state index in [9.17, 15) is 4.79 Å². The molecule has 1 saturated heterocycles. The number of hydrogen-bond donors (Lipinski definition) is 2. The second kappa shape index (κ2) is 6.07. The van der Waals surface area contributed by atoms with Gasteiger partial charge >= 0.3 is 0 Å². The molecule has 0 spiro atoms. The second-order valence-corrected chi connectivity index (χ2v) is 5.22. The molecule has 17 heavy (non-hydrogen) atoms. The molecule has 0 aromatic heterocycles. The van der Waals surface area contributed by atoms with Crippen molar-refractivity contribution in [3.8, 4) is 12.3 Å². The summed E-state index contributed by atoms with van der Waals surface area (Å²) in [5, 5.41) is 6.30. The van der Waals surface area contributed by atoms with Crippen LogP contribution in [0.2, 0.25) is 0 Å². The van der Waals surface area contributed by atoms with Gasteiger partial charge in [-0.05, 0) is 25.3 Å². The Kier molecular flexibility index (Phi) is 5.02. The molecule has 0 saturated carbocycles. The van der Waals surface area contributed by atoms with Crippen molar-refractivity contribution in [2.45, 2.75) is 46.1 Å². The van der Waals surface area contributed by atoms with Gasteiger partial charge in [-0.3, -0.25) is 4.79 Å². The van der Waals surface area contributed by atoms with Crippen molar-refractivity contribution < 1.29 is 4.79 Å². The lowest BCUT2D eigenvalue weighted by Gasteiger charge is -2.32. The van der Waals surface area contributed by atoms with Gasteiger partial charge in [-0.2, -0.15) is 0 Å². The molecular formula is C14H24N2O. The molecular weight excluding hydrogens is 212 g/mol. The Hall–Kier alpha value is -1.01. The molecule has 1 heterocycles. The van der Waals surface area contributed by atoms with E-state index >= 15 is 0 Å². The van der Waals surface area contributed by atoms with E-state index in [0.717, 1.165) is 32.4 Å². The fourth-order valence-electron chi connectivity index (χ4n) is 2.45. The van der Waals surface area contributed by atoms with Crippen LogP contribution in [0.3, 0.4) is 0 Å². The first-order chi connectivity index (χ1) is 8.06. The van der Waals surface area contributed by atoms with Gasteiger partial charge in [0.2, 0.25) is 5.91 Å². The summed E-state index contributed by atoms with van der Waals surface area (Å²) in [6.45, 7) is 7.97. The van der Waals surface area contributed by atoms with Crippen LogP contribution in [0.25, 0.3) is 0 Å². The van der Waals surface area contributed by atoms with E-state index in [1.165, 1.54) is 0 Å². The van der Waals surface area contributed by atoms with E-state index in [4.69, 9.17) is 6.42 Å². The van der Waals surface area contributed by atoms with Crippen LogP contribution in [0.1, 0.15) is 40.0 Å². The van der Waals surface area contributed by atoms with Gasteiger partial charge in [-0.25, -0.2) is 0 Å². The van der Waals surface area contributed by atoms with Crippen molar-refractivity contribution in [2.75, 3.05) is 13.1 Å². The predicted molar refractivity (Wildman–Crippen MR) is 70.4 cm³/mol. The molecule has 3 heteroatoms. The van der Waals surface area contributed by atoms with Crippen LogP contribution in [-0.2, 0) is 4.79 Å². The molecule has 0 aliphatic carbocycles. The summed E-state index contributed by atoms with van der Waals surface area (Å²) < 4.78 is 0. The van der Waals surface area contributed by atoms with E-state index in [1.54, 1.807) is 0 Å². The first-order valence-electron chi connectivity index (χ1n) is 6.54. The monoisotopic (exact) mass is 236 g/mol. The van der Waals surface area contributed by atoms with Gasteiger partial charge < -0.3 is 10.6 Å². The van der Waals surface area contributed by atoms with Gasteiger partial charge in [0.25, 0.3) is 0 Å². The molecule has 0 aromatic rings. The first-order valence-corrected chi connectivity index (χ1v) is 6.54. The first kappa shape index (κ1) is 14.1. The molecule has 0 bridgehead atoms. The molecule has 1 aliphatic heterocycles. The third-order valence-corrected chi connectivity index (χ3v) is 3.83. The van der Waals surface area contributed by atoms with Crippen molar-refractivity contribution in [3.63, 3.8) is 0 Å². The summed E-state index contributed by atoms with van der Waals surface area (Å²) in [5.74, 6) is 3.11. The highest BCUT2D eigenvalue weighted by molar-refractivity contribution is 5.84. The molecule has 2 N–H and O–H groups in total. The van der Waals surface area contributed by atoms with E-state index in [-0.39, 0.29) is 17.4 Å². The number of amides is 1. The van der Waals surface area contributed by atoms with Crippen molar-refractivity contribution in [3.05, 3.63) is 0 Å². The van der Waals surface area contributed by atoms with Crippen LogP contribution in [0.5, 0.6) is 0 Å². The second-order valence-electron chi connectivity index (χ2n) is 5.22. The predicted octanol–water partition coefficient (Wildman–Crippen LogP) is 1.54. The number of terminal acetylenes is 1. The van der Waals surface area contributed by atoms with Gasteiger partial charge in [0, 0.05) is 6.54 Å². The SMILES string of the molecule is C#CC(CCC)NC(=O)C1(C(C)C)CCNC1. The molecule has 1 fully saturated rings. The van der Waals surface area contributed by atoms with Crippen LogP contribution in [-0.4, -0.2) is 25.0 Å². The van der Waals surface area contributed by atoms with Gasteiger partial charge in [-0.1, -0.05) is 33.1 Å². The summed E-state index contributed by atoms with van der Waals surface area (Å²) in [5.41, 5.74) is -0.275. The normalized spacial score (nSPS) is 25.6. The third kappa shape index (κ3) is 3.01. The van der Waals surface area contributed by atoms with Gasteiger partial charge in [-0.15, -0.1) is 6.42 Å². The third-order valence-electron chi connectivity index (χ3n) is 3.83. The Morgan fingerprint density at radius 2 is 2.29 bits per heavy atom. The van der Waals surface area contributed by atoms with E-state index in [2.05, 4.69) is 37.3 Å². The summed E-state index contributed by atoms with van der Waals surface area (Å²) in [4.78, 5) is 12.4. The molecule has 3 nitrogen and oxygen atoms in total. The van der Waals surface area contributed by atoms with Crippen molar-refractivity contribution in [1.29, 1.82) is 0 Å². The van der Waals surface area contributed by atoms with Crippen molar-refractivity contribution in [2.24, 2.45) is 11.3 Å². The largest absolute Gasteiger partial charge is 0.342 e. The Morgan fingerprint density at radius 3 is 2.71 bits per heavy atom. The Morgan fingerprint density at radius 1 is 1.59 bits per heavy atom. The van der Waals surface area contributed by atoms with Crippen LogP contribution < -0.4 is 10.6 Å². The fourth-order valence-corrected chi connectivity index (χ4v) is 2.45. The average molecular weight is 236 g/mol. The molecule has 1 amide bonds. The van der Waals surface area contributed by atoms with E-state index < -0.39 is 0 Å². The van der Waals surface area contributed by atoms with E-state index in [1.807, 2.05) is 0 Å². The summed E-state index contributed by atoms with van der Waals surface area (Å²) >= 11 is 0. The van der Waals surface area contributed by atoms with E-state index in [0.29, 0.717) is 5.92 Å². The highest BCUT2D eigenvalue weighted by Crippen LogP contribution is 2.34. The van der Waals surface area contributed by atoms with Gasteiger partial charge in [0.15, 0.2) is 0 Å². The summed E-state index contributed by atoms with van der Waals surface area (Å²) in [6.07, 6.45) is 8.19. The molecule has 2 unspecified atom stereocenters. The van der Waals surface area contributed by atoms with Gasteiger partial charge in [0.1, 0.15) is 0 Å². The van der Waals surface area contributed by atoms with Crippen LogP contribution in [0, 0.1) is 23.7 Å². The van der Waals surface area contributed by atoms with Crippen molar-refractivity contribution in [1.82, 2.24) is 10.6 Å². The minimum atomic E-state index is -0.275. The van der Waals surface area contributed by atoms with Crippen LogP contribution >= 0.6 is 0 Å².